The van der Waals surface area contributed by atoms with Crippen molar-refractivity contribution >= 4 is 13.8 Å². The number of esters is 1. The third-order valence-corrected chi connectivity index (χ3v) is 9.14. The Morgan fingerprint density at radius 3 is 1.20 bits per heavy atom. The maximum absolute atomic E-state index is 12.4. The van der Waals surface area contributed by atoms with Crippen LogP contribution < -0.4 is 0 Å². The van der Waals surface area contributed by atoms with Gasteiger partial charge in [0.25, 0.3) is 0 Å². The maximum atomic E-state index is 12.4. The molecule has 0 bridgehead atoms. The molecule has 0 radical (unpaired) electrons. The Bertz CT molecular complexity index is 655. The summed E-state index contributed by atoms with van der Waals surface area (Å²) >= 11 is 0. The van der Waals surface area contributed by atoms with Gasteiger partial charge in [-0.25, -0.2) is 4.57 Å². The van der Waals surface area contributed by atoms with Crippen molar-refractivity contribution in [1.29, 1.82) is 0 Å². The van der Waals surface area contributed by atoms with Gasteiger partial charge in [0, 0.05) is 13.0 Å². The number of unbranched alkanes of at least 4 members (excludes halogenated alkanes) is 27. The fourth-order valence-corrected chi connectivity index (χ4v) is 6.16. The normalized spacial score (nSPS) is 12.5. The van der Waals surface area contributed by atoms with Gasteiger partial charge >= 0.3 is 13.8 Å². The number of hydrogen-bond donors (Lipinski definition) is 2. The van der Waals surface area contributed by atoms with Gasteiger partial charge in [-0.05, 0) is 12.8 Å². The fraction of sp³-hybridized carbons (Fsp3) is 0.973. The molecule has 0 spiro atoms. The first kappa shape index (κ1) is 44.5. The lowest BCUT2D eigenvalue weighted by Crippen LogP contribution is -2.28. The second-order valence-corrected chi connectivity index (χ2v) is 14.5. The second kappa shape index (κ2) is 34.9. The van der Waals surface area contributed by atoms with E-state index >= 15 is 0 Å². The second-order valence-electron chi connectivity index (χ2n) is 13.3. The SMILES string of the molecule is CCCCCCCCCCCCCCCCCC(=O)OC(COCCCCCCCCCCCCCCCC)COP(=O)(O)O. The van der Waals surface area contributed by atoms with Crippen LogP contribution in [-0.2, 0) is 23.4 Å². The zero-order valence-electron chi connectivity index (χ0n) is 29.8. The highest BCUT2D eigenvalue weighted by atomic mass is 31.2. The third-order valence-electron chi connectivity index (χ3n) is 8.66. The summed E-state index contributed by atoms with van der Waals surface area (Å²) in [4.78, 5) is 30.5. The number of carbonyl (C=O) groups excluding carboxylic acids is 1. The van der Waals surface area contributed by atoms with Crippen LogP contribution in [0, 0.1) is 0 Å². The van der Waals surface area contributed by atoms with E-state index in [9.17, 15) is 9.36 Å². The lowest BCUT2D eigenvalue weighted by atomic mass is 10.0. The summed E-state index contributed by atoms with van der Waals surface area (Å²) in [5.74, 6) is -0.357. The van der Waals surface area contributed by atoms with E-state index in [1.165, 1.54) is 154 Å². The van der Waals surface area contributed by atoms with Gasteiger partial charge in [-0.1, -0.05) is 187 Å². The first-order chi connectivity index (χ1) is 21.9. The molecule has 0 aromatic heterocycles. The van der Waals surface area contributed by atoms with Gasteiger partial charge in [-0.3, -0.25) is 9.32 Å². The molecule has 0 saturated heterocycles. The van der Waals surface area contributed by atoms with Crippen LogP contribution >= 0.6 is 7.82 Å². The Balaban J connectivity index is 3.77. The largest absolute Gasteiger partial charge is 0.469 e. The van der Waals surface area contributed by atoms with E-state index in [4.69, 9.17) is 19.3 Å². The van der Waals surface area contributed by atoms with Crippen molar-refractivity contribution in [2.45, 2.75) is 213 Å². The highest BCUT2D eigenvalue weighted by Gasteiger charge is 2.21. The Labute approximate surface area is 279 Å². The summed E-state index contributed by atoms with van der Waals surface area (Å²) < 4.78 is 26.9. The molecular weight excluding hydrogens is 587 g/mol. The van der Waals surface area contributed by atoms with Gasteiger partial charge in [0.1, 0.15) is 6.10 Å². The van der Waals surface area contributed by atoms with Crippen LogP contribution in [0.1, 0.15) is 206 Å². The van der Waals surface area contributed by atoms with Crippen LogP contribution in [0.3, 0.4) is 0 Å². The lowest BCUT2D eigenvalue weighted by Gasteiger charge is -2.18. The Hall–Kier alpha value is -0.460. The van der Waals surface area contributed by atoms with Crippen molar-refractivity contribution in [3.8, 4) is 0 Å². The summed E-state index contributed by atoms with van der Waals surface area (Å²) in [5, 5.41) is 0. The molecule has 0 amide bonds. The number of ether oxygens (including phenoxy) is 2. The molecule has 0 aliphatic carbocycles. The van der Waals surface area contributed by atoms with Gasteiger partial charge < -0.3 is 19.3 Å². The van der Waals surface area contributed by atoms with Crippen molar-refractivity contribution in [2.24, 2.45) is 0 Å². The van der Waals surface area contributed by atoms with Crippen LogP contribution in [0.25, 0.3) is 0 Å². The maximum Gasteiger partial charge on any atom is 0.469 e. The zero-order valence-corrected chi connectivity index (χ0v) is 30.7. The smallest absolute Gasteiger partial charge is 0.457 e. The van der Waals surface area contributed by atoms with Gasteiger partial charge in [0.15, 0.2) is 0 Å². The molecule has 0 rings (SSSR count). The molecule has 8 heteroatoms. The average Bonchev–Trinajstić information content (AvgIpc) is 3.01. The van der Waals surface area contributed by atoms with Crippen molar-refractivity contribution in [1.82, 2.24) is 0 Å². The molecule has 2 N–H and O–H groups in total. The van der Waals surface area contributed by atoms with E-state index in [1.54, 1.807) is 0 Å². The van der Waals surface area contributed by atoms with E-state index in [0.717, 1.165) is 32.1 Å². The van der Waals surface area contributed by atoms with E-state index in [2.05, 4.69) is 18.4 Å². The molecule has 7 nitrogen and oxygen atoms in total. The van der Waals surface area contributed by atoms with Crippen LogP contribution in [0.4, 0.5) is 0 Å². The minimum absolute atomic E-state index is 0.0864. The molecule has 0 aromatic rings. The first-order valence-electron chi connectivity index (χ1n) is 19.4. The number of hydrogen-bond acceptors (Lipinski definition) is 5. The molecule has 0 aliphatic rings. The predicted octanol–water partition coefficient (Wildman–Crippen LogP) is 11.8. The minimum atomic E-state index is -4.64. The van der Waals surface area contributed by atoms with Crippen LogP contribution in [-0.4, -0.2) is 41.7 Å². The number of phosphoric ester groups is 1. The average molecular weight is 663 g/mol. The molecule has 1 atom stereocenters. The molecule has 0 fully saturated rings. The van der Waals surface area contributed by atoms with Gasteiger partial charge in [0.05, 0.1) is 13.2 Å². The zero-order chi connectivity index (χ0) is 33.1. The predicted molar refractivity (Wildman–Crippen MR) is 189 cm³/mol. The Kier molecular flexibility index (Phi) is 34.5. The lowest BCUT2D eigenvalue weighted by molar-refractivity contribution is -0.154. The number of rotatable bonds is 37. The van der Waals surface area contributed by atoms with Crippen molar-refractivity contribution < 1.29 is 33.1 Å². The van der Waals surface area contributed by atoms with E-state index in [0.29, 0.717) is 13.0 Å². The standard InChI is InChI=1S/C37H75O7P/c1-3-5-7-9-11-13-15-17-19-20-22-24-26-28-30-32-37(38)44-36(35-43-45(39,40)41)34-42-33-31-29-27-25-23-21-18-16-14-12-10-8-6-4-2/h36H,3-35H2,1-2H3,(H2,39,40,41). The topological polar surface area (TPSA) is 102 Å². The molecule has 0 aliphatic heterocycles. The van der Waals surface area contributed by atoms with Gasteiger partial charge in [0.2, 0.25) is 0 Å². The van der Waals surface area contributed by atoms with E-state index in [-0.39, 0.29) is 19.2 Å². The molecule has 0 saturated carbocycles. The van der Waals surface area contributed by atoms with E-state index in [1.807, 2.05) is 0 Å². The molecule has 270 valence electrons. The van der Waals surface area contributed by atoms with Crippen LogP contribution in [0.15, 0.2) is 0 Å². The molecule has 0 heterocycles. The summed E-state index contributed by atoms with van der Waals surface area (Å²) in [7, 11) is -4.64. The molecule has 0 aromatic carbocycles. The van der Waals surface area contributed by atoms with Crippen LogP contribution in [0.5, 0.6) is 0 Å². The minimum Gasteiger partial charge on any atom is -0.457 e. The molecule has 45 heavy (non-hydrogen) atoms. The first-order valence-corrected chi connectivity index (χ1v) is 20.9. The highest BCUT2D eigenvalue weighted by molar-refractivity contribution is 7.46. The summed E-state index contributed by atoms with van der Waals surface area (Å²) in [6.45, 7) is 4.79. The number of carbonyl (C=O) groups is 1. The van der Waals surface area contributed by atoms with Crippen LogP contribution in [0.2, 0.25) is 0 Å². The van der Waals surface area contributed by atoms with Crippen molar-refractivity contribution in [3.05, 3.63) is 0 Å². The molecule has 1 unspecified atom stereocenters. The quantitative estimate of drug-likeness (QED) is 0.0387. The van der Waals surface area contributed by atoms with Crippen molar-refractivity contribution in [3.63, 3.8) is 0 Å². The highest BCUT2D eigenvalue weighted by Crippen LogP contribution is 2.36. The van der Waals surface area contributed by atoms with E-state index < -0.39 is 13.9 Å². The monoisotopic (exact) mass is 663 g/mol. The van der Waals surface area contributed by atoms with Gasteiger partial charge in [-0.2, -0.15) is 0 Å². The summed E-state index contributed by atoms with van der Waals surface area (Å²) in [5.41, 5.74) is 0. The van der Waals surface area contributed by atoms with Crippen molar-refractivity contribution in [2.75, 3.05) is 19.8 Å². The Morgan fingerprint density at radius 2 is 0.844 bits per heavy atom. The fourth-order valence-electron chi connectivity index (χ4n) is 5.80. The Morgan fingerprint density at radius 1 is 0.511 bits per heavy atom. The third kappa shape index (κ3) is 37.9. The van der Waals surface area contributed by atoms with Gasteiger partial charge in [-0.15, -0.1) is 0 Å². The molecular formula is C37H75O7P. The number of phosphoric acid groups is 1. The summed E-state index contributed by atoms with van der Waals surface area (Å²) in [6.07, 6.45) is 36.6. The summed E-state index contributed by atoms with van der Waals surface area (Å²) in [6, 6.07) is 0.